The first-order valence-electron chi connectivity index (χ1n) is 15.3. The number of fused-ring (bicyclic) bond motifs is 1. The Hall–Kier alpha value is -4.13. The second-order valence-corrected chi connectivity index (χ2v) is 12.8. The molecule has 0 fully saturated rings. The molecule has 6 heteroatoms. The van der Waals surface area contributed by atoms with Gasteiger partial charge in [0.25, 0.3) is 11.8 Å². The lowest BCUT2D eigenvalue weighted by Crippen LogP contribution is -2.34. The maximum Gasteiger partial charge on any atom is 0.265 e. The fourth-order valence-corrected chi connectivity index (χ4v) is 6.42. The van der Waals surface area contributed by atoms with E-state index in [1.54, 1.807) is 0 Å². The van der Waals surface area contributed by atoms with Gasteiger partial charge in [0.2, 0.25) is 0 Å². The van der Waals surface area contributed by atoms with Gasteiger partial charge in [-0.2, -0.15) is 0 Å². The van der Waals surface area contributed by atoms with Gasteiger partial charge >= 0.3 is 0 Å². The minimum absolute atomic E-state index is 0.0147. The molecule has 0 saturated heterocycles. The number of amides is 2. The number of aryl methyl sites for hydroxylation is 2. The number of para-hydroxylation sites is 1. The van der Waals surface area contributed by atoms with Crippen molar-refractivity contribution in [2.24, 2.45) is 0 Å². The Morgan fingerprint density at radius 3 is 2.41 bits per heavy atom. The van der Waals surface area contributed by atoms with Crippen LogP contribution >= 0.6 is 11.8 Å². The van der Waals surface area contributed by atoms with Crippen molar-refractivity contribution in [2.75, 3.05) is 18.0 Å². The molecule has 0 aromatic heterocycles. The Labute approximate surface area is 266 Å². The molecular formula is C38H41N3O2S. The summed E-state index contributed by atoms with van der Waals surface area (Å²) in [6.07, 6.45) is 2.80. The number of thioether (sulfide) groups is 1. The van der Waals surface area contributed by atoms with Gasteiger partial charge in [-0.05, 0) is 86.7 Å². The number of hydrogen-bond acceptors (Lipinski definition) is 4. The zero-order chi connectivity index (χ0) is 31.1. The molecule has 0 bridgehead atoms. The first-order valence-corrected chi connectivity index (χ1v) is 16.1. The summed E-state index contributed by atoms with van der Waals surface area (Å²) in [5.74, 6) is -0.0979. The zero-order valence-corrected chi connectivity index (χ0v) is 26.9. The highest BCUT2D eigenvalue weighted by molar-refractivity contribution is 8.04. The van der Waals surface area contributed by atoms with Gasteiger partial charge in [0, 0.05) is 36.1 Å². The van der Waals surface area contributed by atoms with E-state index in [1.165, 1.54) is 28.5 Å². The molecule has 1 aliphatic heterocycles. The van der Waals surface area contributed by atoms with Gasteiger partial charge in [0.15, 0.2) is 0 Å². The molecule has 44 heavy (non-hydrogen) atoms. The van der Waals surface area contributed by atoms with Crippen LogP contribution in [0.4, 0.5) is 5.69 Å². The minimum atomic E-state index is -0.0832. The van der Waals surface area contributed by atoms with E-state index in [2.05, 4.69) is 86.4 Å². The van der Waals surface area contributed by atoms with Gasteiger partial charge in [0.1, 0.15) is 0 Å². The van der Waals surface area contributed by atoms with Crippen LogP contribution in [0, 0.1) is 13.8 Å². The van der Waals surface area contributed by atoms with Gasteiger partial charge in [-0.15, -0.1) is 0 Å². The summed E-state index contributed by atoms with van der Waals surface area (Å²) < 4.78 is 0. The largest absolute Gasteiger partial charge is 0.352 e. The van der Waals surface area contributed by atoms with Crippen molar-refractivity contribution in [1.82, 2.24) is 10.2 Å². The second kappa shape index (κ2) is 14.6. The summed E-state index contributed by atoms with van der Waals surface area (Å²) >= 11 is 1.50. The molecule has 5 nitrogen and oxygen atoms in total. The number of nitrogens with zero attached hydrogens (tertiary/aromatic N) is 2. The highest BCUT2D eigenvalue weighted by atomic mass is 32.2. The summed E-state index contributed by atoms with van der Waals surface area (Å²) in [5.41, 5.74) is 7.22. The molecule has 0 atom stereocenters. The number of hydrogen-bond donors (Lipinski definition) is 1. The zero-order valence-electron chi connectivity index (χ0n) is 26.0. The normalized spacial score (nSPS) is 13.9. The van der Waals surface area contributed by atoms with Crippen molar-refractivity contribution >= 4 is 35.3 Å². The first-order chi connectivity index (χ1) is 21.3. The van der Waals surface area contributed by atoms with Crippen LogP contribution in [-0.2, 0) is 17.9 Å². The molecule has 1 heterocycles. The van der Waals surface area contributed by atoms with E-state index >= 15 is 0 Å². The number of carbonyl (C=O) groups excluding carboxylic acids is 2. The third-order valence-corrected chi connectivity index (χ3v) is 9.08. The summed E-state index contributed by atoms with van der Waals surface area (Å²) in [4.78, 5) is 32.7. The molecule has 0 spiro atoms. The van der Waals surface area contributed by atoms with Crippen molar-refractivity contribution < 1.29 is 9.59 Å². The number of benzene rings is 4. The van der Waals surface area contributed by atoms with Crippen molar-refractivity contribution in [1.29, 1.82) is 0 Å². The quantitative estimate of drug-likeness (QED) is 0.139. The highest BCUT2D eigenvalue weighted by Crippen LogP contribution is 2.42. The lowest BCUT2D eigenvalue weighted by atomic mass is 10.0. The van der Waals surface area contributed by atoms with Crippen LogP contribution in [0.1, 0.15) is 58.4 Å². The van der Waals surface area contributed by atoms with Gasteiger partial charge in [-0.25, -0.2) is 0 Å². The minimum Gasteiger partial charge on any atom is -0.352 e. The standard InChI is InChI=1S/C38H41N3O2S/c1-27(2)40(25-31-11-6-5-7-12-31)22-10-21-39-37(42)32-19-17-30(18-20-32)24-36-38(43)41(34-13-8-9-14-35(34)44-36)26-33-23-28(3)15-16-29(33)4/h5-9,11-20,23-24,27H,10,21-22,25-26H2,1-4H3,(H,39,42). The Bertz CT molecular complexity index is 1630. The summed E-state index contributed by atoms with van der Waals surface area (Å²) in [5, 5.41) is 3.07. The van der Waals surface area contributed by atoms with Crippen LogP contribution in [-0.4, -0.2) is 35.8 Å². The molecule has 226 valence electrons. The molecule has 1 aliphatic rings. The predicted molar refractivity (Wildman–Crippen MR) is 183 cm³/mol. The Balaban J connectivity index is 1.21. The average Bonchev–Trinajstić information content (AvgIpc) is 3.03. The fraction of sp³-hybridized carbons (Fsp3) is 0.263. The Morgan fingerprint density at radius 2 is 1.66 bits per heavy atom. The van der Waals surface area contributed by atoms with E-state index < -0.39 is 0 Å². The molecule has 2 amide bonds. The average molecular weight is 604 g/mol. The third-order valence-electron chi connectivity index (χ3n) is 8.00. The van der Waals surface area contributed by atoms with Crippen molar-refractivity contribution in [3.05, 3.63) is 135 Å². The molecule has 0 unspecified atom stereocenters. The lowest BCUT2D eigenvalue weighted by Gasteiger charge is -2.31. The van der Waals surface area contributed by atoms with Crippen molar-refractivity contribution in [3.8, 4) is 0 Å². The van der Waals surface area contributed by atoms with Crippen LogP contribution in [0.25, 0.3) is 6.08 Å². The van der Waals surface area contributed by atoms with E-state index in [4.69, 9.17) is 0 Å². The number of anilines is 1. The summed E-state index contributed by atoms with van der Waals surface area (Å²) in [6, 6.07) is 32.8. The van der Waals surface area contributed by atoms with E-state index in [0.29, 0.717) is 29.6 Å². The molecule has 0 radical (unpaired) electrons. The molecule has 4 aromatic rings. The molecular weight excluding hydrogens is 563 g/mol. The van der Waals surface area contributed by atoms with Gasteiger partial charge < -0.3 is 10.2 Å². The monoisotopic (exact) mass is 603 g/mol. The molecule has 0 aliphatic carbocycles. The fourth-order valence-electron chi connectivity index (χ4n) is 5.37. The Kier molecular flexibility index (Phi) is 10.4. The molecule has 1 N–H and O–H groups in total. The number of rotatable bonds is 11. The maximum atomic E-state index is 13.8. The number of carbonyl (C=O) groups is 2. The second-order valence-electron chi connectivity index (χ2n) is 11.7. The van der Waals surface area contributed by atoms with Crippen LogP contribution < -0.4 is 10.2 Å². The SMILES string of the molecule is Cc1ccc(C)c(CN2C(=O)C(=Cc3ccc(C(=O)NCCCN(Cc4ccccc4)C(C)C)cc3)Sc3ccccc32)c1. The van der Waals surface area contributed by atoms with Gasteiger partial charge in [-0.1, -0.05) is 90.1 Å². The van der Waals surface area contributed by atoms with Gasteiger partial charge in [0.05, 0.1) is 17.1 Å². The van der Waals surface area contributed by atoms with E-state index in [1.807, 2.05) is 59.5 Å². The topological polar surface area (TPSA) is 52.7 Å². The van der Waals surface area contributed by atoms with Crippen molar-refractivity contribution in [2.45, 2.75) is 58.1 Å². The smallest absolute Gasteiger partial charge is 0.265 e. The highest BCUT2D eigenvalue weighted by Gasteiger charge is 2.29. The summed E-state index contributed by atoms with van der Waals surface area (Å²) in [6.45, 7) is 11.5. The predicted octanol–water partition coefficient (Wildman–Crippen LogP) is 8.01. The van der Waals surface area contributed by atoms with Crippen LogP contribution in [0.2, 0.25) is 0 Å². The lowest BCUT2D eigenvalue weighted by molar-refractivity contribution is -0.114. The van der Waals surface area contributed by atoms with Crippen LogP contribution in [0.5, 0.6) is 0 Å². The van der Waals surface area contributed by atoms with Crippen molar-refractivity contribution in [3.63, 3.8) is 0 Å². The third kappa shape index (κ3) is 7.87. The molecule has 0 saturated carbocycles. The van der Waals surface area contributed by atoms with Crippen LogP contribution in [0.3, 0.4) is 0 Å². The summed E-state index contributed by atoms with van der Waals surface area (Å²) in [7, 11) is 0. The number of nitrogens with one attached hydrogen (secondary N) is 1. The molecule has 4 aromatic carbocycles. The van der Waals surface area contributed by atoms with Gasteiger partial charge in [-0.3, -0.25) is 14.5 Å². The van der Waals surface area contributed by atoms with E-state index in [0.717, 1.165) is 41.2 Å². The van der Waals surface area contributed by atoms with Crippen LogP contribution in [0.15, 0.2) is 107 Å². The maximum absolute atomic E-state index is 13.8. The first kappa shape index (κ1) is 31.3. The van der Waals surface area contributed by atoms with E-state index in [9.17, 15) is 9.59 Å². The molecule has 5 rings (SSSR count). The Morgan fingerprint density at radius 1 is 0.932 bits per heavy atom. The van der Waals surface area contributed by atoms with E-state index in [-0.39, 0.29) is 11.8 Å².